The summed E-state index contributed by atoms with van der Waals surface area (Å²) in [5.74, 6) is 3.68. The van der Waals surface area contributed by atoms with Gasteiger partial charge in [0, 0.05) is 18.9 Å². The van der Waals surface area contributed by atoms with Crippen LogP contribution in [0, 0.1) is 12.3 Å². The van der Waals surface area contributed by atoms with Gasteiger partial charge in [-0.15, -0.1) is 6.42 Å². The molecule has 0 atom stereocenters. The second-order valence-corrected chi connectivity index (χ2v) is 2.89. The van der Waals surface area contributed by atoms with Crippen molar-refractivity contribution in [3.8, 4) is 12.3 Å². The summed E-state index contributed by atoms with van der Waals surface area (Å²) in [6.07, 6.45) is 9.45. The highest BCUT2D eigenvalue weighted by molar-refractivity contribution is 5.57. The molecular weight excluding hydrogens is 176 g/mol. The monoisotopic (exact) mass is 190 g/mol. The zero-order valence-electron chi connectivity index (χ0n) is 8.27. The molecule has 4 heteroatoms. The van der Waals surface area contributed by atoms with Gasteiger partial charge in [-0.1, -0.05) is 12.8 Å². The van der Waals surface area contributed by atoms with Gasteiger partial charge in [-0.05, 0) is 6.42 Å². The third-order valence-corrected chi connectivity index (χ3v) is 1.78. The van der Waals surface area contributed by atoms with E-state index in [1.807, 2.05) is 4.90 Å². The summed E-state index contributed by atoms with van der Waals surface area (Å²) in [5, 5.41) is 0. The van der Waals surface area contributed by atoms with E-state index in [9.17, 15) is 0 Å². The van der Waals surface area contributed by atoms with Crippen LogP contribution in [-0.4, -0.2) is 23.1 Å². The van der Waals surface area contributed by atoms with Gasteiger partial charge in [-0.3, -0.25) is 0 Å². The molecule has 2 N–H and O–H groups in total. The van der Waals surface area contributed by atoms with Gasteiger partial charge in [0.2, 0.25) is 0 Å². The molecule has 0 spiro atoms. The lowest BCUT2D eigenvalue weighted by atomic mass is 10.4. The van der Waals surface area contributed by atoms with Gasteiger partial charge < -0.3 is 10.6 Å². The Bertz CT molecular complexity index is 329. The van der Waals surface area contributed by atoms with Crippen molar-refractivity contribution in [2.75, 3.05) is 23.7 Å². The minimum atomic E-state index is 0.427. The van der Waals surface area contributed by atoms with Crippen LogP contribution in [0.5, 0.6) is 0 Å². The van der Waals surface area contributed by atoms with E-state index in [1.165, 1.54) is 0 Å². The van der Waals surface area contributed by atoms with Gasteiger partial charge in [-0.25, -0.2) is 9.97 Å². The van der Waals surface area contributed by atoms with Crippen LogP contribution < -0.4 is 10.6 Å². The lowest BCUT2D eigenvalue weighted by Gasteiger charge is -2.20. The van der Waals surface area contributed by atoms with Crippen LogP contribution in [-0.2, 0) is 0 Å². The first-order valence-electron chi connectivity index (χ1n) is 4.54. The van der Waals surface area contributed by atoms with Crippen molar-refractivity contribution in [1.29, 1.82) is 0 Å². The number of nitrogens with two attached hydrogens (primary N) is 1. The van der Waals surface area contributed by atoms with Crippen LogP contribution in [0.4, 0.5) is 11.6 Å². The number of terminal acetylenes is 1. The van der Waals surface area contributed by atoms with Crippen molar-refractivity contribution in [2.45, 2.75) is 13.3 Å². The summed E-state index contributed by atoms with van der Waals surface area (Å²) in [6.45, 7) is 3.43. The van der Waals surface area contributed by atoms with Crippen molar-refractivity contribution in [3.63, 3.8) is 0 Å². The Hall–Kier alpha value is -1.76. The van der Waals surface area contributed by atoms with Crippen LogP contribution >= 0.6 is 0 Å². The SMILES string of the molecule is C#CCN(CCC)c1nccnc1N. The van der Waals surface area contributed by atoms with E-state index in [1.54, 1.807) is 12.4 Å². The second-order valence-electron chi connectivity index (χ2n) is 2.89. The molecule has 0 aliphatic heterocycles. The Morgan fingerprint density at radius 1 is 1.50 bits per heavy atom. The van der Waals surface area contributed by atoms with E-state index in [-0.39, 0.29) is 0 Å². The first-order valence-corrected chi connectivity index (χ1v) is 4.54. The zero-order chi connectivity index (χ0) is 10.4. The molecule has 0 amide bonds. The number of hydrogen-bond donors (Lipinski definition) is 1. The number of aromatic nitrogens is 2. The Balaban J connectivity index is 2.88. The summed E-state index contributed by atoms with van der Waals surface area (Å²) in [6, 6.07) is 0. The molecule has 0 radical (unpaired) electrons. The van der Waals surface area contributed by atoms with Crippen molar-refractivity contribution in [3.05, 3.63) is 12.4 Å². The number of anilines is 2. The average Bonchev–Trinajstić information content (AvgIpc) is 2.18. The molecule has 0 saturated heterocycles. The molecule has 0 aliphatic carbocycles. The first kappa shape index (κ1) is 10.3. The Kier molecular flexibility index (Phi) is 3.74. The van der Waals surface area contributed by atoms with Crippen LogP contribution in [0.3, 0.4) is 0 Å². The predicted molar refractivity (Wildman–Crippen MR) is 57.8 cm³/mol. The standard InChI is InChI=1S/C10H14N4/c1-3-7-14(8-4-2)10-9(11)12-5-6-13-10/h1,5-6H,4,7-8H2,2H3,(H2,11,12). The number of rotatable bonds is 4. The van der Waals surface area contributed by atoms with Crippen LogP contribution in [0.1, 0.15) is 13.3 Å². The topological polar surface area (TPSA) is 55.0 Å². The summed E-state index contributed by atoms with van der Waals surface area (Å²) >= 11 is 0. The van der Waals surface area contributed by atoms with Crippen molar-refractivity contribution in [1.82, 2.24) is 9.97 Å². The van der Waals surface area contributed by atoms with E-state index in [0.717, 1.165) is 13.0 Å². The highest BCUT2D eigenvalue weighted by Crippen LogP contribution is 2.15. The molecule has 0 aliphatic rings. The highest BCUT2D eigenvalue weighted by Gasteiger charge is 2.09. The van der Waals surface area contributed by atoms with E-state index in [2.05, 4.69) is 22.8 Å². The fraction of sp³-hybridized carbons (Fsp3) is 0.400. The largest absolute Gasteiger partial charge is 0.381 e. The fourth-order valence-electron chi connectivity index (χ4n) is 1.23. The molecule has 0 bridgehead atoms. The summed E-state index contributed by atoms with van der Waals surface area (Å²) in [5.41, 5.74) is 5.70. The Labute approximate surface area is 84.2 Å². The van der Waals surface area contributed by atoms with Crippen molar-refractivity contribution >= 4 is 11.6 Å². The predicted octanol–water partition coefficient (Wildman–Crippen LogP) is 0.908. The number of nitrogen functional groups attached to an aromatic ring is 1. The van der Waals surface area contributed by atoms with Crippen LogP contribution in [0.2, 0.25) is 0 Å². The van der Waals surface area contributed by atoms with E-state index < -0.39 is 0 Å². The molecule has 1 heterocycles. The molecule has 1 rings (SSSR count). The van der Waals surface area contributed by atoms with Crippen LogP contribution in [0.25, 0.3) is 0 Å². The summed E-state index contributed by atoms with van der Waals surface area (Å²) in [4.78, 5) is 10.1. The number of nitrogens with zero attached hydrogens (tertiary/aromatic N) is 3. The summed E-state index contributed by atoms with van der Waals surface area (Å²) in [7, 11) is 0. The quantitative estimate of drug-likeness (QED) is 0.717. The Morgan fingerprint density at radius 3 is 2.79 bits per heavy atom. The molecule has 0 fully saturated rings. The molecular formula is C10H14N4. The average molecular weight is 190 g/mol. The fourth-order valence-corrected chi connectivity index (χ4v) is 1.23. The van der Waals surface area contributed by atoms with Crippen molar-refractivity contribution in [2.24, 2.45) is 0 Å². The van der Waals surface area contributed by atoms with E-state index >= 15 is 0 Å². The molecule has 1 aromatic heterocycles. The number of hydrogen-bond acceptors (Lipinski definition) is 4. The molecule has 0 saturated carbocycles. The molecule has 4 nitrogen and oxygen atoms in total. The molecule has 1 aromatic rings. The third-order valence-electron chi connectivity index (χ3n) is 1.78. The van der Waals surface area contributed by atoms with Crippen LogP contribution in [0.15, 0.2) is 12.4 Å². The van der Waals surface area contributed by atoms with E-state index in [4.69, 9.17) is 12.2 Å². The maximum absolute atomic E-state index is 5.70. The maximum Gasteiger partial charge on any atom is 0.172 e. The second kappa shape index (κ2) is 5.07. The highest BCUT2D eigenvalue weighted by atomic mass is 15.2. The smallest absolute Gasteiger partial charge is 0.172 e. The Morgan fingerprint density at radius 2 is 2.21 bits per heavy atom. The van der Waals surface area contributed by atoms with Gasteiger partial charge in [-0.2, -0.15) is 0 Å². The normalized spacial score (nSPS) is 9.43. The molecule has 0 aromatic carbocycles. The minimum absolute atomic E-state index is 0.427. The summed E-state index contributed by atoms with van der Waals surface area (Å²) < 4.78 is 0. The molecule has 0 unspecified atom stereocenters. The van der Waals surface area contributed by atoms with Crippen molar-refractivity contribution < 1.29 is 0 Å². The van der Waals surface area contributed by atoms with Gasteiger partial charge in [0.1, 0.15) is 0 Å². The van der Waals surface area contributed by atoms with Gasteiger partial charge in [0.15, 0.2) is 11.6 Å². The third kappa shape index (κ3) is 2.36. The van der Waals surface area contributed by atoms with Gasteiger partial charge in [0.05, 0.1) is 6.54 Å². The van der Waals surface area contributed by atoms with Gasteiger partial charge >= 0.3 is 0 Å². The van der Waals surface area contributed by atoms with E-state index in [0.29, 0.717) is 18.2 Å². The first-order chi connectivity index (χ1) is 6.79. The lowest BCUT2D eigenvalue weighted by molar-refractivity contribution is 0.807. The molecule has 74 valence electrons. The maximum atomic E-state index is 5.70. The van der Waals surface area contributed by atoms with Gasteiger partial charge in [0.25, 0.3) is 0 Å². The zero-order valence-corrected chi connectivity index (χ0v) is 8.27. The minimum Gasteiger partial charge on any atom is -0.381 e. The lowest BCUT2D eigenvalue weighted by Crippen LogP contribution is -2.26. The molecule has 14 heavy (non-hydrogen) atoms.